The van der Waals surface area contributed by atoms with E-state index in [0.717, 1.165) is 37.2 Å². The van der Waals surface area contributed by atoms with Crippen LogP contribution in [-0.2, 0) is 9.53 Å². The number of ether oxygens (including phenoxy) is 1. The van der Waals surface area contributed by atoms with E-state index in [9.17, 15) is 4.79 Å². The molecule has 1 heterocycles. The molecule has 0 aromatic rings. The molecule has 0 aromatic heterocycles. The Labute approximate surface area is 129 Å². The van der Waals surface area contributed by atoms with Crippen LogP contribution in [0.4, 0.5) is 0 Å². The highest BCUT2D eigenvalue weighted by Gasteiger charge is 2.22. The summed E-state index contributed by atoms with van der Waals surface area (Å²) < 4.78 is 5.03. The Morgan fingerprint density at radius 3 is 2.10 bits per heavy atom. The second kappa shape index (κ2) is 8.91. The van der Waals surface area contributed by atoms with Gasteiger partial charge in [-0.15, -0.1) is 0 Å². The summed E-state index contributed by atoms with van der Waals surface area (Å²) in [6.07, 6.45) is 16.5. The molecule has 0 bridgehead atoms. The molecule has 0 saturated carbocycles. The Morgan fingerprint density at radius 2 is 1.48 bits per heavy atom. The van der Waals surface area contributed by atoms with Gasteiger partial charge in [0.15, 0.2) is 0 Å². The van der Waals surface area contributed by atoms with Gasteiger partial charge in [-0.2, -0.15) is 0 Å². The molecule has 0 radical (unpaired) electrons. The zero-order valence-electron chi connectivity index (χ0n) is 13.4. The van der Waals surface area contributed by atoms with Crippen LogP contribution in [0.3, 0.4) is 0 Å². The Morgan fingerprint density at radius 1 is 0.905 bits per heavy atom. The molecule has 1 aliphatic heterocycles. The highest BCUT2D eigenvalue weighted by Crippen LogP contribution is 2.25. The van der Waals surface area contributed by atoms with Gasteiger partial charge in [0, 0.05) is 18.8 Å². The fraction of sp³-hybridized carbons (Fsp3) is 0.722. The van der Waals surface area contributed by atoms with Crippen LogP contribution in [0.2, 0.25) is 0 Å². The molecule has 21 heavy (non-hydrogen) atoms. The van der Waals surface area contributed by atoms with E-state index in [2.05, 4.69) is 17.1 Å². The zero-order valence-corrected chi connectivity index (χ0v) is 13.4. The maximum absolute atomic E-state index is 12.2. The first kappa shape index (κ1) is 16.1. The van der Waals surface area contributed by atoms with Crippen molar-refractivity contribution in [2.45, 2.75) is 64.2 Å². The predicted molar refractivity (Wildman–Crippen MR) is 85.9 cm³/mol. The van der Waals surface area contributed by atoms with Gasteiger partial charge in [0.25, 0.3) is 0 Å². The zero-order chi connectivity index (χ0) is 14.9. The second-order valence-electron chi connectivity index (χ2n) is 6.09. The number of allylic oxidation sites excluding steroid dienone is 2. The van der Waals surface area contributed by atoms with E-state index in [4.69, 9.17) is 4.74 Å². The lowest BCUT2D eigenvalue weighted by atomic mass is 10.0. The molecule has 0 unspecified atom stereocenters. The van der Waals surface area contributed by atoms with Crippen LogP contribution in [0.1, 0.15) is 64.2 Å². The third kappa shape index (κ3) is 4.90. The Balaban J connectivity index is 2.20. The van der Waals surface area contributed by atoms with Crippen molar-refractivity contribution < 1.29 is 9.53 Å². The van der Waals surface area contributed by atoms with Crippen molar-refractivity contribution in [3.8, 4) is 0 Å². The summed E-state index contributed by atoms with van der Waals surface area (Å²) in [4.78, 5) is 14.6. The van der Waals surface area contributed by atoms with E-state index >= 15 is 0 Å². The molecule has 118 valence electrons. The van der Waals surface area contributed by atoms with Crippen LogP contribution in [0.15, 0.2) is 23.4 Å². The molecule has 0 spiro atoms. The van der Waals surface area contributed by atoms with Crippen molar-refractivity contribution >= 4 is 5.97 Å². The minimum absolute atomic E-state index is 0.176. The van der Waals surface area contributed by atoms with Gasteiger partial charge in [-0.25, -0.2) is 4.79 Å². The minimum atomic E-state index is -0.176. The summed E-state index contributed by atoms with van der Waals surface area (Å²) in [5.41, 5.74) is 1.92. The van der Waals surface area contributed by atoms with Gasteiger partial charge in [0.05, 0.1) is 12.7 Å². The van der Waals surface area contributed by atoms with E-state index in [1.54, 1.807) is 0 Å². The number of hydrogen-bond donors (Lipinski definition) is 0. The molecule has 1 fully saturated rings. The third-order valence-electron chi connectivity index (χ3n) is 4.47. The van der Waals surface area contributed by atoms with Crippen LogP contribution in [0, 0.1) is 0 Å². The average molecular weight is 291 g/mol. The van der Waals surface area contributed by atoms with Gasteiger partial charge in [0.1, 0.15) is 0 Å². The van der Waals surface area contributed by atoms with E-state index in [-0.39, 0.29) is 5.97 Å². The number of methoxy groups -OCH3 is 1. The standard InChI is InChI=1S/C18H29NO2/c1-21-18(20)16-12-8-6-4-2-3-5-7-9-13-17(16)19-14-10-11-15-19/h12-13H,2-11,14-15H2,1H3/b16-12+,17-13+. The summed E-state index contributed by atoms with van der Waals surface area (Å²) in [5, 5.41) is 0. The topological polar surface area (TPSA) is 29.5 Å². The minimum Gasteiger partial charge on any atom is -0.465 e. The normalized spacial score (nSPS) is 26.8. The maximum Gasteiger partial charge on any atom is 0.339 e. The molecule has 0 atom stereocenters. The number of rotatable bonds is 2. The lowest BCUT2D eigenvalue weighted by Gasteiger charge is -2.23. The lowest BCUT2D eigenvalue weighted by molar-refractivity contribution is -0.136. The smallest absolute Gasteiger partial charge is 0.339 e. The van der Waals surface area contributed by atoms with Crippen LogP contribution >= 0.6 is 0 Å². The largest absolute Gasteiger partial charge is 0.465 e. The number of nitrogens with zero attached hydrogens (tertiary/aromatic N) is 1. The molecule has 2 rings (SSSR count). The summed E-state index contributed by atoms with van der Waals surface area (Å²) >= 11 is 0. The van der Waals surface area contributed by atoms with E-state index < -0.39 is 0 Å². The second-order valence-corrected chi connectivity index (χ2v) is 6.09. The van der Waals surface area contributed by atoms with E-state index in [0.29, 0.717) is 0 Å². The Bertz CT molecular complexity index is 392. The molecule has 0 amide bonds. The first-order valence-corrected chi connectivity index (χ1v) is 8.57. The van der Waals surface area contributed by atoms with Crippen molar-refractivity contribution in [3.05, 3.63) is 23.4 Å². The summed E-state index contributed by atoms with van der Waals surface area (Å²) in [6, 6.07) is 0. The van der Waals surface area contributed by atoms with Crippen LogP contribution in [0.5, 0.6) is 0 Å². The number of hydrogen-bond acceptors (Lipinski definition) is 3. The maximum atomic E-state index is 12.2. The SMILES string of the molecule is COC(=O)C1=C/CCCCCCCC/C=C\1N1CCCC1. The van der Waals surface area contributed by atoms with E-state index in [1.165, 1.54) is 58.5 Å². The van der Waals surface area contributed by atoms with Gasteiger partial charge in [-0.3, -0.25) is 0 Å². The quantitative estimate of drug-likeness (QED) is 0.714. The Hall–Kier alpha value is -1.25. The lowest BCUT2D eigenvalue weighted by Crippen LogP contribution is -2.24. The predicted octanol–water partition coefficient (Wildman–Crippen LogP) is 4.20. The number of carbonyl (C=O) groups is 1. The molecule has 3 heteroatoms. The van der Waals surface area contributed by atoms with Crippen LogP contribution in [0.25, 0.3) is 0 Å². The summed E-state index contributed by atoms with van der Waals surface area (Å²) in [5.74, 6) is -0.176. The number of carbonyl (C=O) groups excluding carboxylic acids is 1. The molecule has 0 N–H and O–H groups in total. The van der Waals surface area contributed by atoms with Crippen molar-refractivity contribution in [2.75, 3.05) is 20.2 Å². The molecule has 0 aromatic carbocycles. The molecule has 1 aliphatic carbocycles. The summed E-state index contributed by atoms with van der Waals surface area (Å²) in [6.45, 7) is 2.14. The fourth-order valence-corrected chi connectivity index (χ4v) is 3.25. The van der Waals surface area contributed by atoms with E-state index in [1.807, 2.05) is 0 Å². The van der Waals surface area contributed by atoms with Crippen LogP contribution in [-0.4, -0.2) is 31.1 Å². The molecule has 2 aliphatic rings. The molecular weight excluding hydrogens is 262 g/mol. The average Bonchev–Trinajstić information content (AvgIpc) is 3.01. The highest BCUT2D eigenvalue weighted by molar-refractivity contribution is 5.93. The molecular formula is C18H29NO2. The number of likely N-dealkylation sites (tertiary alicyclic amines) is 1. The van der Waals surface area contributed by atoms with Crippen molar-refractivity contribution in [1.29, 1.82) is 0 Å². The van der Waals surface area contributed by atoms with Gasteiger partial charge in [-0.05, 0) is 38.5 Å². The first-order chi connectivity index (χ1) is 10.3. The van der Waals surface area contributed by atoms with Crippen molar-refractivity contribution in [2.24, 2.45) is 0 Å². The highest BCUT2D eigenvalue weighted by atomic mass is 16.5. The first-order valence-electron chi connectivity index (χ1n) is 8.57. The van der Waals surface area contributed by atoms with Gasteiger partial charge >= 0.3 is 5.97 Å². The fourth-order valence-electron chi connectivity index (χ4n) is 3.25. The van der Waals surface area contributed by atoms with Gasteiger partial charge in [-0.1, -0.05) is 37.8 Å². The van der Waals surface area contributed by atoms with Gasteiger partial charge in [0.2, 0.25) is 0 Å². The number of esters is 1. The molecule has 1 saturated heterocycles. The van der Waals surface area contributed by atoms with Crippen molar-refractivity contribution in [1.82, 2.24) is 4.90 Å². The van der Waals surface area contributed by atoms with Crippen LogP contribution < -0.4 is 0 Å². The van der Waals surface area contributed by atoms with Crippen molar-refractivity contribution in [3.63, 3.8) is 0 Å². The monoisotopic (exact) mass is 291 g/mol. The summed E-state index contributed by atoms with van der Waals surface area (Å²) in [7, 11) is 1.49. The third-order valence-corrected chi connectivity index (χ3v) is 4.47. The Kier molecular flexibility index (Phi) is 6.84. The van der Waals surface area contributed by atoms with Gasteiger partial charge < -0.3 is 9.64 Å². The molecule has 3 nitrogen and oxygen atoms in total.